The van der Waals surface area contributed by atoms with Gasteiger partial charge in [-0.1, -0.05) is 41.9 Å². The SMILES string of the molecule is COc1nc(O[C@H]2CCc3c(-c4cccc(-c5nc6cc7c(c(C(F)(F)F)c6o5)CC[C@H]7N5CC[C@@H](O)C5)c4C)cccc32)c(Cl)cc1CN1CC2(CCC(=O)N2)C1. The van der Waals surface area contributed by atoms with Crippen LogP contribution in [0.2, 0.25) is 5.02 Å². The summed E-state index contributed by atoms with van der Waals surface area (Å²) in [5.41, 5.74) is 6.32. The molecule has 14 heteroatoms. The molecule has 3 fully saturated rings. The number of rotatable bonds is 8. The zero-order chi connectivity index (χ0) is 40.1. The van der Waals surface area contributed by atoms with Crippen LogP contribution in [0.4, 0.5) is 13.2 Å². The second-order valence-corrected chi connectivity index (χ2v) is 17.0. The first-order valence-corrected chi connectivity index (χ1v) is 20.4. The number of amides is 1. The highest BCUT2D eigenvalue weighted by atomic mass is 35.5. The Morgan fingerprint density at radius 2 is 1.76 bits per heavy atom. The second-order valence-electron chi connectivity index (χ2n) is 16.6. The van der Waals surface area contributed by atoms with Crippen molar-refractivity contribution in [2.45, 2.75) is 88.4 Å². The Morgan fingerprint density at radius 3 is 2.50 bits per heavy atom. The molecule has 5 aromatic rings. The van der Waals surface area contributed by atoms with E-state index < -0.39 is 17.8 Å². The summed E-state index contributed by atoms with van der Waals surface area (Å²) in [6, 6.07) is 15.2. The maximum Gasteiger partial charge on any atom is 0.420 e. The number of carbonyl (C=O) groups is 1. The van der Waals surface area contributed by atoms with Gasteiger partial charge < -0.3 is 24.3 Å². The van der Waals surface area contributed by atoms with Crippen LogP contribution >= 0.6 is 11.6 Å². The molecule has 0 radical (unpaired) electrons. The standard InChI is InChI=1S/C44H43ClF3N5O5/c1-23-26(5-3-6-27(23)41-49-34-18-32-31(38(39(34)58-41)44(46,47)48)9-11-35(32)53-16-14-25(54)20-53)28-7-4-8-30-29(28)10-12-36(30)57-42-33(45)17-24(40(50-42)56-2)19-52-21-43(22-52)15-13-37(55)51-43/h3-8,17-18,25,35-36,54H,9-16,19-22H2,1-2H3,(H,51,55)/t25-,35-,36+/m1/s1. The Bertz CT molecular complexity index is 2480. The number of likely N-dealkylation sites (tertiary alicyclic amines) is 2. The molecular weight excluding hydrogens is 771 g/mol. The number of methoxy groups -OCH3 is 1. The lowest BCUT2D eigenvalue weighted by molar-refractivity contribution is -0.137. The molecule has 10 nitrogen and oxygen atoms in total. The van der Waals surface area contributed by atoms with Gasteiger partial charge in [-0.15, -0.1) is 0 Å². The van der Waals surface area contributed by atoms with Crippen LogP contribution in [0.1, 0.15) is 83.2 Å². The van der Waals surface area contributed by atoms with E-state index in [9.17, 15) is 23.1 Å². The second kappa shape index (κ2) is 14.0. The summed E-state index contributed by atoms with van der Waals surface area (Å²) in [6.45, 7) is 5.16. The molecule has 2 aromatic heterocycles. The first-order valence-electron chi connectivity index (χ1n) is 20.0. The number of hydrogen-bond acceptors (Lipinski definition) is 9. The smallest absolute Gasteiger partial charge is 0.420 e. The first-order chi connectivity index (χ1) is 27.9. The van der Waals surface area contributed by atoms with Gasteiger partial charge in [0.1, 0.15) is 22.2 Å². The van der Waals surface area contributed by atoms with Crippen molar-refractivity contribution in [3.63, 3.8) is 0 Å². The van der Waals surface area contributed by atoms with Crippen molar-refractivity contribution in [2.24, 2.45) is 0 Å². The van der Waals surface area contributed by atoms with Crippen molar-refractivity contribution in [2.75, 3.05) is 33.3 Å². The number of fused-ring (bicyclic) bond motifs is 3. The zero-order valence-corrected chi connectivity index (χ0v) is 33.0. The van der Waals surface area contributed by atoms with E-state index in [0.717, 1.165) is 59.3 Å². The van der Waals surface area contributed by atoms with Crippen molar-refractivity contribution in [1.82, 2.24) is 25.1 Å². The minimum atomic E-state index is -4.62. The highest BCUT2D eigenvalue weighted by Crippen LogP contribution is 2.49. The first kappa shape index (κ1) is 37.6. The summed E-state index contributed by atoms with van der Waals surface area (Å²) in [5.74, 6) is 0.974. The lowest BCUT2D eigenvalue weighted by Gasteiger charge is -2.48. The number of alkyl halides is 3. The maximum absolute atomic E-state index is 14.8. The third-order valence-electron chi connectivity index (χ3n) is 13.0. The van der Waals surface area contributed by atoms with Gasteiger partial charge in [-0.3, -0.25) is 14.6 Å². The lowest BCUT2D eigenvalue weighted by Crippen LogP contribution is -2.66. The molecule has 3 aliphatic heterocycles. The molecule has 1 amide bonds. The molecule has 5 aliphatic rings. The summed E-state index contributed by atoms with van der Waals surface area (Å²) in [4.78, 5) is 25.5. The van der Waals surface area contributed by atoms with Crippen molar-refractivity contribution >= 4 is 28.6 Å². The molecule has 2 N–H and O–H groups in total. The number of hydrogen-bond donors (Lipinski definition) is 2. The predicted molar refractivity (Wildman–Crippen MR) is 211 cm³/mol. The number of β-amino-alcohol motifs (C(OH)–C–C–N with tert-alkyl or cyclic N) is 1. The molecule has 302 valence electrons. The monoisotopic (exact) mass is 813 g/mol. The van der Waals surface area contributed by atoms with E-state index in [1.807, 2.05) is 43.3 Å². The lowest BCUT2D eigenvalue weighted by atomic mass is 9.88. The van der Waals surface area contributed by atoms with Gasteiger partial charge in [-0.05, 0) is 103 Å². The largest absolute Gasteiger partial charge is 0.481 e. The van der Waals surface area contributed by atoms with Crippen molar-refractivity contribution in [3.8, 4) is 34.3 Å². The molecular formula is C44H43ClF3N5O5. The fraction of sp³-hybridized carbons (Fsp3) is 0.432. The van der Waals surface area contributed by atoms with Crippen LogP contribution < -0.4 is 14.8 Å². The summed E-state index contributed by atoms with van der Waals surface area (Å²) in [5, 5.41) is 13.7. The van der Waals surface area contributed by atoms with Gasteiger partial charge in [-0.25, -0.2) is 4.98 Å². The number of nitrogens with one attached hydrogen (secondary N) is 1. The molecule has 5 heterocycles. The maximum atomic E-state index is 14.8. The predicted octanol–water partition coefficient (Wildman–Crippen LogP) is 8.13. The third kappa shape index (κ3) is 6.32. The van der Waals surface area contributed by atoms with E-state index in [4.69, 9.17) is 35.5 Å². The van der Waals surface area contributed by atoms with Crippen LogP contribution in [0.25, 0.3) is 33.7 Å². The fourth-order valence-corrected chi connectivity index (χ4v) is 10.5. The van der Waals surface area contributed by atoms with Crippen molar-refractivity contribution < 1.29 is 37.0 Å². The Balaban J connectivity index is 0.926. The van der Waals surface area contributed by atoms with Gasteiger partial charge in [0, 0.05) is 56.3 Å². The fourth-order valence-electron chi connectivity index (χ4n) is 10.3. The van der Waals surface area contributed by atoms with Gasteiger partial charge in [0.15, 0.2) is 5.58 Å². The molecule has 3 saturated heterocycles. The van der Waals surface area contributed by atoms with Crippen molar-refractivity contribution in [3.05, 3.63) is 92.5 Å². The molecule has 0 saturated carbocycles. The number of aliphatic hydroxyl groups is 1. The number of aromatic nitrogens is 2. The molecule has 58 heavy (non-hydrogen) atoms. The summed E-state index contributed by atoms with van der Waals surface area (Å²) >= 11 is 6.80. The Labute approximate surface area is 338 Å². The number of ether oxygens (including phenoxy) is 2. The highest BCUT2D eigenvalue weighted by Gasteiger charge is 2.48. The van der Waals surface area contributed by atoms with E-state index in [0.29, 0.717) is 67.3 Å². The molecule has 0 bridgehead atoms. The number of nitrogens with zero attached hydrogens (tertiary/aromatic N) is 4. The van der Waals surface area contributed by atoms with E-state index in [1.54, 1.807) is 13.2 Å². The van der Waals surface area contributed by atoms with Crippen LogP contribution in [-0.4, -0.2) is 75.7 Å². The molecule has 2 aliphatic carbocycles. The number of oxazole rings is 1. The van der Waals surface area contributed by atoms with Gasteiger partial charge in [0.05, 0.1) is 18.8 Å². The minimum absolute atomic E-state index is 0.107. The number of carbonyl (C=O) groups excluding carboxylic acids is 1. The van der Waals surface area contributed by atoms with Gasteiger partial charge >= 0.3 is 6.18 Å². The summed E-state index contributed by atoms with van der Waals surface area (Å²) in [7, 11) is 1.58. The number of pyridine rings is 1. The Hall–Kier alpha value is -4.69. The quantitative estimate of drug-likeness (QED) is 0.160. The number of halogens is 4. The molecule has 3 aromatic carbocycles. The summed E-state index contributed by atoms with van der Waals surface area (Å²) < 4.78 is 62.8. The third-order valence-corrected chi connectivity index (χ3v) is 13.2. The average molecular weight is 814 g/mol. The normalized spacial score (nSPS) is 22.7. The van der Waals surface area contributed by atoms with Gasteiger partial charge in [0.25, 0.3) is 0 Å². The molecule has 0 unspecified atom stereocenters. The van der Waals surface area contributed by atoms with E-state index in [1.165, 1.54) is 0 Å². The number of benzene rings is 3. The van der Waals surface area contributed by atoms with Crippen LogP contribution in [-0.2, 0) is 30.4 Å². The van der Waals surface area contributed by atoms with Crippen LogP contribution in [0.5, 0.6) is 11.8 Å². The Morgan fingerprint density at radius 1 is 0.983 bits per heavy atom. The summed E-state index contributed by atoms with van der Waals surface area (Å²) in [6.07, 6.45) is -1.10. The molecule has 10 rings (SSSR count). The van der Waals surface area contributed by atoms with Crippen LogP contribution in [0, 0.1) is 6.92 Å². The number of aliphatic hydroxyl groups excluding tert-OH is 1. The topological polar surface area (TPSA) is 113 Å². The molecule has 3 atom stereocenters. The van der Waals surface area contributed by atoms with Gasteiger partial charge in [0.2, 0.25) is 23.6 Å². The highest BCUT2D eigenvalue weighted by molar-refractivity contribution is 6.31. The average Bonchev–Trinajstić information content (AvgIpc) is 4.02. The van der Waals surface area contributed by atoms with Crippen LogP contribution in [0.3, 0.4) is 0 Å². The zero-order valence-electron chi connectivity index (χ0n) is 32.2. The van der Waals surface area contributed by atoms with E-state index in [2.05, 4.69) is 21.2 Å². The van der Waals surface area contributed by atoms with Crippen molar-refractivity contribution in [1.29, 1.82) is 0 Å². The Kier molecular flexibility index (Phi) is 9.05. The van der Waals surface area contributed by atoms with Gasteiger partial charge in [-0.2, -0.15) is 18.2 Å². The molecule has 1 spiro atoms. The van der Waals surface area contributed by atoms with Crippen LogP contribution in [0.15, 0.2) is 52.9 Å². The van der Waals surface area contributed by atoms with E-state index >= 15 is 0 Å². The minimum Gasteiger partial charge on any atom is -0.481 e. The van der Waals surface area contributed by atoms with E-state index in [-0.39, 0.29) is 58.4 Å².